The molecule has 2 aromatic heterocycles. The average Bonchev–Trinajstić information content (AvgIpc) is 2.67. The Morgan fingerprint density at radius 1 is 0.962 bits per heavy atom. The average molecular weight is 365 g/mol. The minimum atomic E-state index is 0.899. The zero-order valence-electron chi connectivity index (χ0n) is 15.2. The lowest BCUT2D eigenvalue weighted by atomic mass is 10.1. The van der Waals surface area contributed by atoms with Crippen molar-refractivity contribution in [2.75, 3.05) is 17.6 Å². The zero-order valence-corrected chi connectivity index (χ0v) is 16.0. The van der Waals surface area contributed by atoms with Gasteiger partial charge in [-0.1, -0.05) is 12.1 Å². The molecule has 2 heterocycles. The second-order valence-electron chi connectivity index (χ2n) is 5.98. The Morgan fingerprint density at radius 2 is 1.77 bits per heavy atom. The molecule has 0 aliphatic heterocycles. The third-order valence-corrected chi connectivity index (χ3v) is 5.06. The molecule has 0 saturated carbocycles. The van der Waals surface area contributed by atoms with Crippen LogP contribution in [0.5, 0.6) is 0 Å². The molecule has 0 atom stereocenters. The summed E-state index contributed by atoms with van der Waals surface area (Å²) in [6.07, 6.45) is 10.2. The van der Waals surface area contributed by atoms with Crippen molar-refractivity contribution in [1.82, 2.24) is 4.98 Å². The van der Waals surface area contributed by atoms with Crippen molar-refractivity contribution in [3.05, 3.63) is 78.4 Å². The Bertz CT molecular complexity index is 875. The highest BCUT2D eigenvalue weighted by Gasteiger charge is 2.07. The normalized spacial score (nSPS) is 11.0. The fourth-order valence-corrected chi connectivity index (χ4v) is 3.30. The van der Waals surface area contributed by atoms with E-state index in [2.05, 4.69) is 76.7 Å². The van der Waals surface area contributed by atoms with Gasteiger partial charge in [0.05, 0.1) is 13.2 Å². The van der Waals surface area contributed by atoms with Crippen molar-refractivity contribution in [3.8, 4) is 0 Å². The first-order chi connectivity index (χ1) is 12.7. The summed E-state index contributed by atoms with van der Waals surface area (Å²) in [5, 5.41) is 4.49. The van der Waals surface area contributed by atoms with Crippen molar-refractivity contribution in [2.24, 2.45) is 14.1 Å². The van der Waals surface area contributed by atoms with E-state index in [4.69, 9.17) is 0 Å². The largest absolute Gasteiger partial charge is 0.384 e. The topological polar surface area (TPSA) is 32.7 Å². The smallest absolute Gasteiger partial charge is 0.358 e. The van der Waals surface area contributed by atoms with E-state index in [1.165, 1.54) is 11.3 Å². The monoisotopic (exact) mass is 364 g/mol. The molecule has 3 rings (SSSR count). The van der Waals surface area contributed by atoms with Gasteiger partial charge in [-0.25, -0.2) is 9.13 Å². The quantitative estimate of drug-likeness (QED) is 0.303. The lowest BCUT2D eigenvalue weighted by molar-refractivity contribution is -0.713. The number of nitrogens with zero attached hydrogens (tertiary/aromatic N) is 3. The molecule has 4 nitrogen and oxygen atoms in total. The van der Waals surface area contributed by atoms with E-state index in [0.717, 1.165) is 23.1 Å². The molecule has 1 aromatic carbocycles. The van der Waals surface area contributed by atoms with Gasteiger partial charge in [-0.3, -0.25) is 0 Å². The van der Waals surface area contributed by atoms with E-state index in [1.54, 1.807) is 11.8 Å². The highest BCUT2D eigenvalue weighted by Crippen LogP contribution is 2.13. The number of pyridine rings is 1. The van der Waals surface area contributed by atoms with Gasteiger partial charge in [-0.05, 0) is 46.6 Å². The lowest BCUT2D eigenvalue weighted by Crippen LogP contribution is -2.31. The number of thioether (sulfide) groups is 1. The summed E-state index contributed by atoms with van der Waals surface area (Å²) in [6.45, 7) is 0.899. The summed E-state index contributed by atoms with van der Waals surface area (Å²) >= 11 is 1.75. The molecular weight excluding hydrogens is 340 g/mol. The molecule has 5 heteroatoms. The zero-order chi connectivity index (χ0) is 18.2. The third-order valence-electron chi connectivity index (χ3n) is 4.00. The highest BCUT2D eigenvalue weighted by molar-refractivity contribution is 7.99. The molecule has 0 fully saturated rings. The summed E-state index contributed by atoms with van der Waals surface area (Å²) in [6, 6.07) is 16.6. The molecule has 26 heavy (non-hydrogen) atoms. The molecule has 0 bridgehead atoms. The number of nitrogens with one attached hydrogen (secondary N) is 1. The second kappa shape index (κ2) is 9.15. The lowest BCUT2D eigenvalue weighted by Gasteiger charge is -2.05. The fourth-order valence-electron chi connectivity index (χ4n) is 2.51. The molecular formula is C21H24N4S+2. The van der Waals surface area contributed by atoms with E-state index >= 15 is 0 Å². The number of benzene rings is 1. The van der Waals surface area contributed by atoms with Gasteiger partial charge in [-0.15, -0.1) is 0 Å². The van der Waals surface area contributed by atoms with Gasteiger partial charge in [0.1, 0.15) is 13.2 Å². The van der Waals surface area contributed by atoms with Crippen molar-refractivity contribution < 1.29 is 9.13 Å². The summed E-state index contributed by atoms with van der Waals surface area (Å²) < 4.78 is 4.14. The molecule has 132 valence electrons. The number of rotatable bonds is 7. The number of hydrogen-bond donors (Lipinski definition) is 1. The maximum Gasteiger partial charge on any atom is 0.358 e. The molecule has 0 saturated heterocycles. The maximum absolute atomic E-state index is 4.37. The third kappa shape index (κ3) is 5.17. The standard InChI is InChI=1S/C21H23N4S/c1-24-15-4-3-6-20(24)12-9-18-7-10-19(11-8-18)22-14-17-26-21-23-13-5-16-25(21)2/h3-13,15-16H,14,17H2,1-2H3/q+1/p+1. The number of aromatic nitrogens is 3. The van der Waals surface area contributed by atoms with E-state index < -0.39 is 0 Å². The number of aryl methyl sites for hydroxylation is 2. The molecule has 0 spiro atoms. The molecule has 1 N–H and O–H groups in total. The van der Waals surface area contributed by atoms with Gasteiger partial charge in [-0.2, -0.15) is 0 Å². The van der Waals surface area contributed by atoms with Crippen LogP contribution in [0.25, 0.3) is 12.2 Å². The van der Waals surface area contributed by atoms with Gasteiger partial charge in [0.25, 0.3) is 0 Å². The van der Waals surface area contributed by atoms with Crippen molar-refractivity contribution in [3.63, 3.8) is 0 Å². The van der Waals surface area contributed by atoms with E-state index in [0.29, 0.717) is 0 Å². The number of anilines is 1. The SMILES string of the molecule is C[n+]1ccccc1/C=C/c1ccc(NCCSc2nccc[n+]2C)cc1. The van der Waals surface area contributed by atoms with Gasteiger partial charge >= 0.3 is 5.16 Å². The fraction of sp³-hybridized carbons (Fsp3) is 0.190. The molecule has 3 aromatic rings. The first-order valence-corrected chi connectivity index (χ1v) is 9.61. The summed E-state index contributed by atoms with van der Waals surface area (Å²) in [5.41, 5.74) is 3.50. The Morgan fingerprint density at radius 3 is 2.54 bits per heavy atom. The van der Waals surface area contributed by atoms with Crippen molar-refractivity contribution >= 4 is 29.6 Å². The van der Waals surface area contributed by atoms with Crippen LogP contribution in [-0.4, -0.2) is 17.3 Å². The van der Waals surface area contributed by atoms with Crippen LogP contribution in [0.2, 0.25) is 0 Å². The Hall–Kier alpha value is -2.66. The highest BCUT2D eigenvalue weighted by atomic mass is 32.2. The molecule has 0 unspecified atom stereocenters. The Labute approximate surface area is 159 Å². The van der Waals surface area contributed by atoms with Crippen LogP contribution < -0.4 is 14.5 Å². The van der Waals surface area contributed by atoms with Gasteiger partial charge in [0.15, 0.2) is 6.20 Å². The van der Waals surface area contributed by atoms with Crippen LogP contribution in [0.3, 0.4) is 0 Å². The predicted octanol–water partition coefficient (Wildman–Crippen LogP) is 3.11. The van der Waals surface area contributed by atoms with Crippen LogP contribution in [0.4, 0.5) is 5.69 Å². The summed E-state index contributed by atoms with van der Waals surface area (Å²) in [5.74, 6) is 0.969. The summed E-state index contributed by atoms with van der Waals surface area (Å²) in [4.78, 5) is 4.37. The minimum absolute atomic E-state index is 0.899. The van der Waals surface area contributed by atoms with E-state index in [9.17, 15) is 0 Å². The van der Waals surface area contributed by atoms with E-state index in [1.807, 2.05) is 36.1 Å². The molecule has 0 aliphatic carbocycles. The van der Waals surface area contributed by atoms with Gasteiger partial charge in [0.2, 0.25) is 5.69 Å². The molecule has 0 amide bonds. The predicted molar refractivity (Wildman–Crippen MR) is 108 cm³/mol. The van der Waals surface area contributed by atoms with Crippen LogP contribution in [-0.2, 0) is 14.1 Å². The molecule has 0 aliphatic rings. The Kier molecular flexibility index (Phi) is 6.39. The van der Waals surface area contributed by atoms with Crippen LogP contribution in [0.15, 0.2) is 72.3 Å². The van der Waals surface area contributed by atoms with Crippen molar-refractivity contribution in [2.45, 2.75) is 5.16 Å². The Balaban J connectivity index is 1.49. The number of hydrogen-bond acceptors (Lipinski definition) is 3. The first-order valence-electron chi connectivity index (χ1n) is 8.62. The maximum atomic E-state index is 4.37. The van der Waals surface area contributed by atoms with E-state index in [-0.39, 0.29) is 0 Å². The second-order valence-corrected chi connectivity index (χ2v) is 7.04. The first kappa shape index (κ1) is 18.1. The summed E-state index contributed by atoms with van der Waals surface area (Å²) in [7, 11) is 4.07. The van der Waals surface area contributed by atoms with Gasteiger partial charge < -0.3 is 5.32 Å². The minimum Gasteiger partial charge on any atom is -0.384 e. The van der Waals surface area contributed by atoms with Gasteiger partial charge in [0, 0.05) is 42.3 Å². The van der Waals surface area contributed by atoms with Crippen LogP contribution >= 0.6 is 11.8 Å². The van der Waals surface area contributed by atoms with Crippen LogP contribution in [0.1, 0.15) is 11.3 Å². The molecule has 0 radical (unpaired) electrons. The van der Waals surface area contributed by atoms with Crippen LogP contribution in [0, 0.1) is 0 Å². The van der Waals surface area contributed by atoms with Crippen molar-refractivity contribution in [1.29, 1.82) is 0 Å².